The van der Waals surface area contributed by atoms with E-state index in [1.165, 1.54) is 26.4 Å². The molecule has 1 N–H and O–H groups in total. The molecule has 0 radical (unpaired) electrons. The van der Waals surface area contributed by atoms with Crippen LogP contribution >= 0.6 is 0 Å². The molecule has 0 atom stereocenters. The van der Waals surface area contributed by atoms with E-state index in [0.29, 0.717) is 24.2 Å². The number of benzene rings is 1. The fourth-order valence-corrected chi connectivity index (χ4v) is 2.46. The summed E-state index contributed by atoms with van der Waals surface area (Å²) in [7, 11) is 2.76. The van der Waals surface area contributed by atoms with Crippen LogP contribution in [-0.4, -0.2) is 25.3 Å². The molecule has 1 aliphatic carbocycles. The third-order valence-electron chi connectivity index (χ3n) is 3.59. The third-order valence-corrected chi connectivity index (χ3v) is 3.59. The van der Waals surface area contributed by atoms with E-state index in [4.69, 9.17) is 9.47 Å². The Hall–Kier alpha value is -1.78. The maximum Gasteiger partial charge on any atom is 0.314 e. The minimum Gasteiger partial charge on any atom is -0.496 e. The third kappa shape index (κ3) is 1.62. The topological polar surface area (TPSA) is 55.8 Å². The molecule has 1 fully saturated rings. The van der Waals surface area contributed by atoms with Crippen molar-refractivity contribution in [2.45, 2.75) is 24.7 Å². The summed E-state index contributed by atoms with van der Waals surface area (Å²) in [6.07, 6.45) is 1.74. The first-order chi connectivity index (χ1) is 8.56. The number of methoxy groups -OCH3 is 2. The van der Waals surface area contributed by atoms with E-state index in [9.17, 15) is 14.3 Å². The molecule has 0 aliphatic heterocycles. The van der Waals surface area contributed by atoms with Crippen LogP contribution in [-0.2, 0) is 10.2 Å². The predicted molar refractivity (Wildman–Crippen MR) is 62.7 cm³/mol. The highest BCUT2D eigenvalue weighted by Gasteiger charge is 2.50. The summed E-state index contributed by atoms with van der Waals surface area (Å²) in [6, 6.07) is 2.66. The lowest BCUT2D eigenvalue weighted by molar-refractivity contribution is -0.147. The molecule has 1 aliphatic rings. The smallest absolute Gasteiger partial charge is 0.314 e. The van der Waals surface area contributed by atoms with Gasteiger partial charge in [-0.25, -0.2) is 4.39 Å². The Labute approximate surface area is 104 Å². The maximum atomic E-state index is 13.7. The number of hydrogen-bond donors (Lipinski definition) is 1. The summed E-state index contributed by atoms with van der Waals surface area (Å²) < 4.78 is 23.9. The van der Waals surface area contributed by atoms with Gasteiger partial charge < -0.3 is 14.6 Å². The van der Waals surface area contributed by atoms with Gasteiger partial charge >= 0.3 is 5.97 Å². The Kier molecular flexibility index (Phi) is 3.15. The van der Waals surface area contributed by atoms with E-state index in [-0.39, 0.29) is 5.75 Å². The quantitative estimate of drug-likeness (QED) is 0.896. The van der Waals surface area contributed by atoms with E-state index in [2.05, 4.69) is 0 Å². The van der Waals surface area contributed by atoms with E-state index < -0.39 is 17.2 Å². The fourth-order valence-electron chi connectivity index (χ4n) is 2.46. The molecule has 0 bridgehead atoms. The molecule has 5 heteroatoms. The van der Waals surface area contributed by atoms with Crippen molar-refractivity contribution in [1.82, 2.24) is 0 Å². The maximum absolute atomic E-state index is 13.7. The number of carboxylic acid groups (broad SMARTS) is 1. The normalized spacial score (nSPS) is 16.8. The first-order valence-electron chi connectivity index (χ1n) is 5.71. The lowest BCUT2D eigenvalue weighted by Crippen LogP contribution is -2.43. The van der Waals surface area contributed by atoms with Crippen LogP contribution in [0, 0.1) is 5.82 Å². The van der Waals surface area contributed by atoms with Gasteiger partial charge in [0.25, 0.3) is 0 Å². The summed E-state index contributed by atoms with van der Waals surface area (Å²) in [5, 5.41) is 9.43. The minimum atomic E-state index is -1.08. The van der Waals surface area contributed by atoms with Gasteiger partial charge in [0.05, 0.1) is 19.8 Å². The molecule has 1 aromatic rings. The van der Waals surface area contributed by atoms with Gasteiger partial charge in [0.1, 0.15) is 11.2 Å². The van der Waals surface area contributed by atoms with Crippen LogP contribution in [0.1, 0.15) is 24.8 Å². The van der Waals surface area contributed by atoms with Crippen molar-refractivity contribution in [2.75, 3.05) is 14.2 Å². The Morgan fingerprint density at radius 1 is 1.33 bits per heavy atom. The molecule has 0 spiro atoms. The first-order valence-corrected chi connectivity index (χ1v) is 5.71. The Morgan fingerprint density at radius 2 is 2.00 bits per heavy atom. The molecule has 0 heterocycles. The second kappa shape index (κ2) is 4.48. The number of ether oxygens (including phenoxy) is 2. The number of carbonyl (C=O) groups is 1. The van der Waals surface area contributed by atoms with Crippen molar-refractivity contribution in [1.29, 1.82) is 0 Å². The first kappa shape index (κ1) is 12.7. The summed E-state index contributed by atoms with van der Waals surface area (Å²) >= 11 is 0. The zero-order valence-electron chi connectivity index (χ0n) is 10.3. The summed E-state index contributed by atoms with van der Waals surface area (Å²) in [4.78, 5) is 11.5. The van der Waals surface area contributed by atoms with E-state index in [1.807, 2.05) is 0 Å². The van der Waals surface area contributed by atoms with Gasteiger partial charge in [0, 0.05) is 0 Å². The standard InChI is InChI=1S/C13H15FO4/c1-17-9-5-4-8(14)11(18-2)10(9)13(12(15)16)6-3-7-13/h4-5H,3,6-7H2,1-2H3,(H,15,16). The predicted octanol–water partition coefficient (Wildman–Crippen LogP) is 2.35. The second-order valence-electron chi connectivity index (χ2n) is 4.40. The van der Waals surface area contributed by atoms with Crippen molar-refractivity contribution < 1.29 is 23.8 Å². The van der Waals surface area contributed by atoms with Crippen molar-refractivity contribution in [2.24, 2.45) is 0 Å². The highest BCUT2D eigenvalue weighted by Crippen LogP contribution is 2.51. The van der Waals surface area contributed by atoms with Crippen LogP contribution in [0.25, 0.3) is 0 Å². The van der Waals surface area contributed by atoms with Crippen LogP contribution in [0.4, 0.5) is 4.39 Å². The van der Waals surface area contributed by atoms with Gasteiger partial charge in [0.2, 0.25) is 0 Å². The molecule has 0 saturated heterocycles. The molecule has 0 amide bonds. The number of aliphatic carboxylic acids is 1. The number of halogens is 1. The number of carboxylic acids is 1. The van der Waals surface area contributed by atoms with Crippen LogP contribution < -0.4 is 9.47 Å². The van der Waals surface area contributed by atoms with Crippen molar-refractivity contribution >= 4 is 5.97 Å². The molecular weight excluding hydrogens is 239 g/mol. The SMILES string of the molecule is COc1ccc(F)c(OC)c1C1(C(=O)O)CCC1. The van der Waals surface area contributed by atoms with Gasteiger partial charge in [-0.1, -0.05) is 6.42 Å². The molecule has 98 valence electrons. The highest BCUT2D eigenvalue weighted by molar-refractivity contribution is 5.85. The molecular formula is C13H15FO4. The molecule has 0 unspecified atom stereocenters. The molecule has 4 nitrogen and oxygen atoms in total. The zero-order chi connectivity index (χ0) is 13.3. The van der Waals surface area contributed by atoms with E-state index >= 15 is 0 Å². The van der Waals surface area contributed by atoms with Gasteiger partial charge in [-0.3, -0.25) is 4.79 Å². The van der Waals surface area contributed by atoms with Crippen LogP contribution in [0.5, 0.6) is 11.5 Å². The Balaban J connectivity index is 2.67. The van der Waals surface area contributed by atoms with Gasteiger partial charge in [0.15, 0.2) is 11.6 Å². The van der Waals surface area contributed by atoms with Crippen molar-refractivity contribution in [3.05, 3.63) is 23.5 Å². The van der Waals surface area contributed by atoms with Crippen LogP contribution in [0.3, 0.4) is 0 Å². The van der Waals surface area contributed by atoms with Gasteiger partial charge in [-0.2, -0.15) is 0 Å². The summed E-state index contributed by atoms with van der Waals surface area (Å²) in [5.74, 6) is -1.21. The Morgan fingerprint density at radius 3 is 2.39 bits per heavy atom. The number of rotatable bonds is 4. The zero-order valence-corrected chi connectivity index (χ0v) is 10.3. The van der Waals surface area contributed by atoms with Crippen LogP contribution in [0.2, 0.25) is 0 Å². The molecule has 1 saturated carbocycles. The van der Waals surface area contributed by atoms with Crippen molar-refractivity contribution in [3.63, 3.8) is 0 Å². The van der Waals surface area contributed by atoms with Crippen molar-refractivity contribution in [3.8, 4) is 11.5 Å². The largest absolute Gasteiger partial charge is 0.496 e. The minimum absolute atomic E-state index is 0.0311. The van der Waals surface area contributed by atoms with E-state index in [0.717, 1.165) is 6.42 Å². The van der Waals surface area contributed by atoms with E-state index in [1.54, 1.807) is 0 Å². The fraction of sp³-hybridized carbons (Fsp3) is 0.462. The summed E-state index contributed by atoms with van der Waals surface area (Å²) in [6.45, 7) is 0. The van der Waals surface area contributed by atoms with Crippen LogP contribution in [0.15, 0.2) is 12.1 Å². The average molecular weight is 254 g/mol. The second-order valence-corrected chi connectivity index (χ2v) is 4.40. The lowest BCUT2D eigenvalue weighted by Gasteiger charge is -2.39. The van der Waals surface area contributed by atoms with Gasteiger partial charge in [-0.15, -0.1) is 0 Å². The highest BCUT2D eigenvalue weighted by atomic mass is 19.1. The number of hydrogen-bond acceptors (Lipinski definition) is 3. The molecule has 1 aromatic carbocycles. The summed E-state index contributed by atoms with van der Waals surface area (Å²) in [5.41, 5.74) is -0.773. The molecule has 2 rings (SSSR count). The monoisotopic (exact) mass is 254 g/mol. The lowest BCUT2D eigenvalue weighted by atomic mass is 9.64. The van der Waals surface area contributed by atoms with Gasteiger partial charge in [-0.05, 0) is 25.0 Å². The molecule has 0 aromatic heterocycles. The molecule has 18 heavy (non-hydrogen) atoms. The average Bonchev–Trinajstić information content (AvgIpc) is 2.27. The Bertz CT molecular complexity index is 480.